The van der Waals surface area contributed by atoms with Crippen LogP contribution in [0.15, 0.2) is 12.1 Å². The van der Waals surface area contributed by atoms with Crippen molar-refractivity contribution in [1.29, 1.82) is 5.26 Å². The maximum absolute atomic E-state index is 13.6. The van der Waals surface area contributed by atoms with Crippen molar-refractivity contribution in [2.24, 2.45) is 5.41 Å². The number of carbonyl (C=O) groups excluding carboxylic acids is 1. The van der Waals surface area contributed by atoms with Crippen molar-refractivity contribution in [3.05, 3.63) is 23.5 Å². The lowest BCUT2D eigenvalue weighted by Gasteiger charge is -2.36. The molecule has 3 N–H and O–H groups in total. The van der Waals surface area contributed by atoms with Gasteiger partial charge >= 0.3 is 6.18 Å². The van der Waals surface area contributed by atoms with Gasteiger partial charge in [-0.05, 0) is 0 Å². The molecule has 0 spiro atoms. The van der Waals surface area contributed by atoms with Crippen LogP contribution < -0.4 is 19.9 Å². The molecule has 0 saturated carbocycles. The number of carbonyl (C=O) groups is 1. The van der Waals surface area contributed by atoms with E-state index in [0.717, 1.165) is 19.2 Å². The standard InChI is InChI=1S/C13H15FN2O3.C2HF3O2/c1-18-11-2-9(4-15)10(14)3-12(11)19-8-13(7-17)5-16-6-13;3-2(4,5)1(6)7/h2-3,16-17H,5-8H2,1H3;(H,6,7). The second-order valence-electron chi connectivity index (χ2n) is 5.52. The quantitative estimate of drug-likeness (QED) is 0.629. The van der Waals surface area contributed by atoms with E-state index in [1.165, 1.54) is 13.2 Å². The van der Waals surface area contributed by atoms with E-state index < -0.39 is 18.0 Å². The minimum atomic E-state index is -5.19. The van der Waals surface area contributed by atoms with Crippen molar-refractivity contribution in [2.75, 3.05) is 33.4 Å². The van der Waals surface area contributed by atoms with Crippen molar-refractivity contribution in [1.82, 2.24) is 0 Å². The number of hydrogen-bond donors (Lipinski definition) is 2. The fourth-order valence-electron chi connectivity index (χ4n) is 1.97. The Balaban J connectivity index is 0.000000412. The number of benzene rings is 1. The van der Waals surface area contributed by atoms with Crippen LogP contribution in [-0.4, -0.2) is 50.7 Å². The van der Waals surface area contributed by atoms with Crippen molar-refractivity contribution < 1.29 is 47.4 Å². The number of ether oxygens (including phenoxy) is 2. The molecule has 0 amide bonds. The molecule has 1 saturated heterocycles. The Hall–Kier alpha value is -2.58. The van der Waals surface area contributed by atoms with E-state index in [9.17, 15) is 22.7 Å². The van der Waals surface area contributed by atoms with Crippen LogP contribution in [-0.2, 0) is 4.79 Å². The van der Waals surface area contributed by atoms with Gasteiger partial charge < -0.3 is 29.8 Å². The second-order valence-corrected chi connectivity index (χ2v) is 5.52. The number of aliphatic carboxylic acids is 1. The average Bonchev–Trinajstić information content (AvgIpc) is 2.54. The molecule has 0 bridgehead atoms. The number of rotatable bonds is 5. The lowest BCUT2D eigenvalue weighted by molar-refractivity contribution is -0.743. The summed E-state index contributed by atoms with van der Waals surface area (Å²) in [6, 6.07) is 4.20. The Morgan fingerprint density at radius 3 is 2.35 bits per heavy atom. The van der Waals surface area contributed by atoms with Gasteiger partial charge in [0.1, 0.15) is 29.9 Å². The van der Waals surface area contributed by atoms with E-state index in [4.69, 9.17) is 24.6 Å². The average molecular weight is 380 g/mol. The van der Waals surface area contributed by atoms with Crippen molar-refractivity contribution in [3.8, 4) is 17.6 Å². The Morgan fingerprint density at radius 1 is 1.42 bits per heavy atom. The number of alkyl halides is 3. The molecule has 11 heteroatoms. The van der Waals surface area contributed by atoms with Crippen LogP contribution in [0.3, 0.4) is 0 Å². The molecule has 0 aliphatic carbocycles. The Morgan fingerprint density at radius 2 is 2.00 bits per heavy atom. The maximum Gasteiger partial charge on any atom is 0.430 e. The highest BCUT2D eigenvalue weighted by atomic mass is 19.4. The van der Waals surface area contributed by atoms with Gasteiger partial charge in [0.2, 0.25) is 0 Å². The number of halogens is 4. The van der Waals surface area contributed by atoms with Crippen LogP contribution in [0.2, 0.25) is 0 Å². The van der Waals surface area contributed by atoms with Gasteiger partial charge in [0.25, 0.3) is 0 Å². The highest BCUT2D eigenvalue weighted by Crippen LogP contribution is 2.31. The molecule has 1 aliphatic heterocycles. The molecular formula is C15H16F4N2O5. The molecule has 1 fully saturated rings. The molecule has 0 aromatic heterocycles. The molecular weight excluding hydrogens is 364 g/mol. The third-order valence-corrected chi connectivity index (χ3v) is 3.63. The summed E-state index contributed by atoms with van der Waals surface area (Å²) < 4.78 is 55.7. The summed E-state index contributed by atoms with van der Waals surface area (Å²) in [5.41, 5.74) is -0.354. The fourth-order valence-corrected chi connectivity index (χ4v) is 1.97. The monoisotopic (exact) mass is 380 g/mol. The van der Waals surface area contributed by atoms with Gasteiger partial charge in [-0.1, -0.05) is 0 Å². The first-order valence-electron chi connectivity index (χ1n) is 7.19. The summed E-state index contributed by atoms with van der Waals surface area (Å²) in [6.45, 7) is 1.89. The van der Waals surface area contributed by atoms with E-state index in [1.807, 2.05) is 0 Å². The van der Waals surface area contributed by atoms with Crippen molar-refractivity contribution in [2.45, 2.75) is 6.18 Å². The summed E-state index contributed by atoms with van der Waals surface area (Å²) in [5.74, 6) is -3.09. The third-order valence-electron chi connectivity index (χ3n) is 3.63. The van der Waals surface area contributed by atoms with E-state index >= 15 is 0 Å². The topological polar surface area (TPSA) is 119 Å². The summed E-state index contributed by atoms with van der Waals surface area (Å²) in [7, 11) is 1.43. The van der Waals surface area contributed by atoms with Crippen LogP contribution in [0.25, 0.3) is 0 Å². The number of aliphatic hydroxyl groups is 1. The third kappa shape index (κ3) is 5.47. The maximum atomic E-state index is 13.6. The number of nitriles is 1. The molecule has 26 heavy (non-hydrogen) atoms. The number of methoxy groups -OCH3 is 1. The number of carboxylic acid groups (broad SMARTS) is 1. The zero-order valence-electron chi connectivity index (χ0n) is 13.6. The minimum absolute atomic E-state index is 0.0323. The smallest absolute Gasteiger partial charge is 0.430 e. The lowest BCUT2D eigenvalue weighted by atomic mass is 9.84. The van der Waals surface area contributed by atoms with Crippen molar-refractivity contribution in [3.63, 3.8) is 0 Å². The molecule has 1 aromatic carbocycles. The number of nitrogens with two attached hydrogens (primary N) is 1. The minimum Gasteiger partial charge on any atom is -0.542 e. The van der Waals surface area contributed by atoms with Gasteiger partial charge in [0.05, 0.1) is 32.4 Å². The predicted octanol–water partition coefficient (Wildman–Crippen LogP) is -1.06. The predicted molar refractivity (Wildman–Crippen MR) is 75.4 cm³/mol. The SMILES string of the molecule is COc1cc(C#N)c(F)cc1OCC1(CO)C[NH2+]C1.O=C([O-])C(F)(F)F. The summed E-state index contributed by atoms with van der Waals surface area (Å²) in [4.78, 5) is 8.78. The van der Waals surface area contributed by atoms with Gasteiger partial charge in [-0.25, -0.2) is 4.39 Å². The molecule has 1 aromatic rings. The zero-order valence-corrected chi connectivity index (χ0v) is 13.6. The van der Waals surface area contributed by atoms with Crippen molar-refractivity contribution >= 4 is 5.97 Å². The number of carboxylic acids is 1. The molecule has 0 radical (unpaired) electrons. The highest BCUT2D eigenvalue weighted by Gasteiger charge is 2.42. The first kappa shape index (κ1) is 21.5. The molecule has 0 atom stereocenters. The van der Waals surface area contributed by atoms with Gasteiger partial charge in [0, 0.05) is 12.1 Å². The summed E-state index contributed by atoms with van der Waals surface area (Å²) in [6.07, 6.45) is -5.19. The Labute approximate surface area is 145 Å². The molecule has 144 valence electrons. The number of quaternary nitrogens is 1. The lowest BCUT2D eigenvalue weighted by Crippen LogP contribution is -3.01. The van der Waals surface area contributed by atoms with E-state index in [2.05, 4.69) is 5.32 Å². The van der Waals surface area contributed by atoms with Crippen LogP contribution in [0.4, 0.5) is 17.6 Å². The van der Waals surface area contributed by atoms with Crippen LogP contribution >= 0.6 is 0 Å². The van der Waals surface area contributed by atoms with Crippen LogP contribution in [0.5, 0.6) is 11.5 Å². The number of aliphatic hydroxyl groups excluding tert-OH is 1. The Bertz CT molecular complexity index is 678. The van der Waals surface area contributed by atoms with E-state index in [1.54, 1.807) is 6.07 Å². The molecule has 1 heterocycles. The number of hydrogen-bond acceptors (Lipinski definition) is 6. The van der Waals surface area contributed by atoms with Gasteiger partial charge in [-0.3, -0.25) is 0 Å². The van der Waals surface area contributed by atoms with Gasteiger partial charge in [-0.2, -0.15) is 18.4 Å². The largest absolute Gasteiger partial charge is 0.542 e. The van der Waals surface area contributed by atoms with E-state index in [-0.39, 0.29) is 23.3 Å². The molecule has 7 nitrogen and oxygen atoms in total. The highest BCUT2D eigenvalue weighted by molar-refractivity contribution is 5.70. The van der Waals surface area contributed by atoms with Gasteiger partial charge in [-0.15, -0.1) is 0 Å². The van der Waals surface area contributed by atoms with Crippen LogP contribution in [0, 0.1) is 22.6 Å². The van der Waals surface area contributed by atoms with Crippen LogP contribution in [0.1, 0.15) is 5.56 Å². The molecule has 1 aliphatic rings. The fraction of sp³-hybridized carbons (Fsp3) is 0.467. The zero-order chi connectivity index (χ0) is 20.0. The Kier molecular flexibility index (Phi) is 7.17. The van der Waals surface area contributed by atoms with E-state index in [0.29, 0.717) is 12.4 Å². The summed E-state index contributed by atoms with van der Waals surface area (Å²) >= 11 is 0. The summed E-state index contributed by atoms with van der Waals surface area (Å²) in [5, 5.41) is 28.9. The molecule has 2 rings (SSSR count). The van der Waals surface area contributed by atoms with Gasteiger partial charge in [0.15, 0.2) is 11.5 Å². The second kappa shape index (κ2) is 8.68. The number of nitrogens with zero attached hydrogens (tertiary/aromatic N) is 1. The molecule has 0 unspecified atom stereocenters. The first-order chi connectivity index (χ1) is 12.1. The normalized spacial score (nSPS) is 15.0. The first-order valence-corrected chi connectivity index (χ1v) is 7.19.